The topological polar surface area (TPSA) is 126 Å². The zero-order chi connectivity index (χ0) is 25.7. The minimum Gasteiger partial charge on any atom is -0.390 e. The van der Waals surface area contributed by atoms with Crippen molar-refractivity contribution in [1.82, 2.24) is 40.1 Å². The highest BCUT2D eigenvalue weighted by molar-refractivity contribution is 5.99. The molecular weight excluding hydrogens is 482 g/mol. The predicted octanol–water partition coefficient (Wildman–Crippen LogP) is 3.05. The van der Waals surface area contributed by atoms with E-state index >= 15 is 4.39 Å². The number of hydrogen-bond donors (Lipinski definition) is 2. The van der Waals surface area contributed by atoms with Crippen LogP contribution in [0.4, 0.5) is 8.78 Å². The van der Waals surface area contributed by atoms with Crippen molar-refractivity contribution in [3.05, 3.63) is 77.3 Å². The molecule has 0 radical (unpaired) electrons. The number of halogens is 2. The Labute approximate surface area is 209 Å². The molecular formula is C25H22F2N8O2. The molecule has 2 atom stereocenters. The first-order valence-electron chi connectivity index (χ1n) is 11.8. The largest absolute Gasteiger partial charge is 0.390 e. The Morgan fingerprint density at radius 2 is 2.03 bits per heavy atom. The first-order valence-corrected chi connectivity index (χ1v) is 11.8. The molecule has 2 aliphatic heterocycles. The van der Waals surface area contributed by atoms with E-state index < -0.39 is 18.2 Å². The lowest BCUT2D eigenvalue weighted by Gasteiger charge is -2.33. The lowest BCUT2D eigenvalue weighted by atomic mass is 9.91. The van der Waals surface area contributed by atoms with Gasteiger partial charge in [-0.05, 0) is 59.9 Å². The Bertz CT molecular complexity index is 1530. The molecule has 6 rings (SSSR count). The number of rotatable bonds is 5. The summed E-state index contributed by atoms with van der Waals surface area (Å²) in [6.07, 6.45) is 7.62. The molecule has 1 amide bonds. The van der Waals surface area contributed by atoms with Gasteiger partial charge in [-0.25, -0.2) is 13.8 Å². The summed E-state index contributed by atoms with van der Waals surface area (Å²) >= 11 is 0. The molecule has 0 bridgehead atoms. The van der Waals surface area contributed by atoms with Gasteiger partial charge in [-0.15, -0.1) is 5.10 Å². The van der Waals surface area contributed by atoms with E-state index in [1.165, 1.54) is 35.5 Å². The SMILES string of the molecule is Cc1ccc(-n2cnnn2)c(C2=CC(=O)N3[C@H](CC[C@H]3c3ncc(-c4ccnc(CO)c4F)[nH]3)C2)c1F. The van der Waals surface area contributed by atoms with Crippen LogP contribution >= 0.6 is 0 Å². The summed E-state index contributed by atoms with van der Waals surface area (Å²) in [5, 5.41) is 20.5. The number of aliphatic hydroxyl groups is 1. The molecule has 188 valence electrons. The van der Waals surface area contributed by atoms with Crippen molar-refractivity contribution >= 4 is 11.5 Å². The Balaban J connectivity index is 1.33. The van der Waals surface area contributed by atoms with Gasteiger partial charge in [0, 0.05) is 29.4 Å². The third kappa shape index (κ3) is 3.80. The van der Waals surface area contributed by atoms with Gasteiger partial charge in [-0.3, -0.25) is 9.78 Å². The summed E-state index contributed by atoms with van der Waals surface area (Å²) in [4.78, 5) is 26.6. The maximum absolute atomic E-state index is 15.4. The number of aliphatic hydroxyl groups excluding tert-OH is 1. The standard InChI is InChI=1S/C25H22F2N8O2/c1-13-2-4-19(34-12-30-32-33-34)22(23(13)26)14-8-15-3-5-20(35(15)21(37)9-14)25-29-10-17(31-25)16-6-7-28-18(11-36)24(16)27/h2,4,6-7,9-10,12,15,20,36H,3,5,8,11H2,1H3,(H,29,31)/t15-,20+/m1/s1. The first-order chi connectivity index (χ1) is 18.0. The van der Waals surface area contributed by atoms with Crippen LogP contribution in [0.15, 0.2) is 43.0 Å². The molecule has 4 aromatic rings. The van der Waals surface area contributed by atoms with Gasteiger partial charge in [-0.1, -0.05) is 6.07 Å². The zero-order valence-electron chi connectivity index (χ0n) is 19.8. The van der Waals surface area contributed by atoms with Crippen LogP contribution < -0.4 is 0 Å². The lowest BCUT2D eigenvalue weighted by molar-refractivity contribution is -0.129. The maximum Gasteiger partial charge on any atom is 0.247 e. The third-order valence-corrected chi connectivity index (χ3v) is 7.05. The molecule has 12 heteroatoms. The number of aromatic nitrogens is 7. The monoisotopic (exact) mass is 504 g/mol. The van der Waals surface area contributed by atoms with E-state index in [0.717, 1.165) is 0 Å². The van der Waals surface area contributed by atoms with Gasteiger partial charge in [0.1, 0.15) is 23.7 Å². The second kappa shape index (κ2) is 8.96. The highest BCUT2D eigenvalue weighted by Gasteiger charge is 2.42. The number of hydrogen-bond acceptors (Lipinski definition) is 7. The van der Waals surface area contributed by atoms with Crippen LogP contribution in [0.2, 0.25) is 0 Å². The molecule has 3 aromatic heterocycles. The van der Waals surface area contributed by atoms with Crippen LogP contribution in [0.5, 0.6) is 0 Å². The van der Waals surface area contributed by atoms with Gasteiger partial charge in [0.05, 0.1) is 30.2 Å². The van der Waals surface area contributed by atoms with Crippen molar-refractivity contribution in [2.24, 2.45) is 0 Å². The number of pyridine rings is 1. The summed E-state index contributed by atoms with van der Waals surface area (Å²) in [7, 11) is 0. The Morgan fingerprint density at radius 3 is 2.81 bits per heavy atom. The number of tetrazole rings is 1. The molecule has 2 aliphatic rings. The van der Waals surface area contributed by atoms with Crippen LogP contribution in [0.3, 0.4) is 0 Å². The van der Waals surface area contributed by atoms with Gasteiger partial charge in [0.25, 0.3) is 0 Å². The number of nitrogens with one attached hydrogen (secondary N) is 1. The van der Waals surface area contributed by atoms with E-state index in [9.17, 15) is 14.3 Å². The van der Waals surface area contributed by atoms with Crippen molar-refractivity contribution in [2.75, 3.05) is 0 Å². The molecule has 0 unspecified atom stereocenters. The molecule has 1 saturated heterocycles. The number of imidazole rings is 1. The summed E-state index contributed by atoms with van der Waals surface area (Å²) < 4.78 is 31.5. The third-order valence-electron chi connectivity index (χ3n) is 7.05. The van der Waals surface area contributed by atoms with Crippen molar-refractivity contribution < 1.29 is 18.7 Å². The summed E-state index contributed by atoms with van der Waals surface area (Å²) in [6, 6.07) is 4.43. The molecule has 5 heterocycles. The maximum atomic E-state index is 15.4. The fourth-order valence-electron chi connectivity index (χ4n) is 5.28. The van der Waals surface area contributed by atoms with Crippen LogP contribution in [0, 0.1) is 18.6 Å². The van der Waals surface area contributed by atoms with Crippen molar-refractivity contribution in [3.63, 3.8) is 0 Å². The smallest absolute Gasteiger partial charge is 0.247 e. The number of H-pyrrole nitrogens is 1. The highest BCUT2D eigenvalue weighted by Crippen LogP contribution is 2.43. The second-order valence-corrected chi connectivity index (χ2v) is 9.17. The van der Waals surface area contributed by atoms with E-state index in [1.54, 1.807) is 24.0 Å². The fourth-order valence-corrected chi connectivity index (χ4v) is 5.28. The number of benzene rings is 1. The molecule has 1 fully saturated rings. The first kappa shape index (κ1) is 23.1. The van der Waals surface area contributed by atoms with Crippen LogP contribution in [-0.4, -0.2) is 57.1 Å². The number of aromatic amines is 1. The van der Waals surface area contributed by atoms with Gasteiger partial charge < -0.3 is 15.0 Å². The number of nitrogens with zero attached hydrogens (tertiary/aromatic N) is 7. The molecule has 0 spiro atoms. The number of aryl methyl sites for hydroxylation is 1. The summed E-state index contributed by atoms with van der Waals surface area (Å²) in [5.41, 5.74) is 2.45. The Kier molecular flexibility index (Phi) is 5.60. The molecule has 37 heavy (non-hydrogen) atoms. The average molecular weight is 505 g/mol. The fraction of sp³-hybridized carbons (Fsp3) is 0.280. The average Bonchev–Trinajstić information content (AvgIpc) is 3.66. The molecule has 10 nitrogen and oxygen atoms in total. The number of carbonyl (C=O) groups is 1. The van der Waals surface area contributed by atoms with E-state index in [1.807, 2.05) is 0 Å². The number of carbonyl (C=O) groups excluding carboxylic acids is 1. The molecule has 0 saturated carbocycles. The van der Waals surface area contributed by atoms with Gasteiger partial charge in [0.15, 0.2) is 5.82 Å². The van der Waals surface area contributed by atoms with E-state index in [-0.39, 0.29) is 29.2 Å². The minimum absolute atomic E-state index is 0.0529. The summed E-state index contributed by atoms with van der Waals surface area (Å²) in [5.74, 6) is -0.731. The van der Waals surface area contributed by atoms with Crippen molar-refractivity contribution in [1.29, 1.82) is 0 Å². The Hall–Kier alpha value is -4.32. The van der Waals surface area contributed by atoms with Crippen molar-refractivity contribution in [3.8, 4) is 16.9 Å². The van der Waals surface area contributed by atoms with Crippen LogP contribution in [0.1, 0.15) is 47.9 Å². The quantitative estimate of drug-likeness (QED) is 0.428. The van der Waals surface area contributed by atoms with Crippen LogP contribution in [0.25, 0.3) is 22.5 Å². The molecule has 0 aliphatic carbocycles. The number of fused-ring (bicyclic) bond motifs is 1. The lowest BCUT2D eigenvalue weighted by Crippen LogP contribution is -2.39. The molecule has 2 N–H and O–H groups in total. The van der Waals surface area contributed by atoms with Gasteiger partial charge in [-0.2, -0.15) is 4.68 Å². The zero-order valence-corrected chi connectivity index (χ0v) is 19.8. The Morgan fingerprint density at radius 1 is 1.16 bits per heavy atom. The van der Waals surface area contributed by atoms with E-state index in [0.29, 0.717) is 53.2 Å². The van der Waals surface area contributed by atoms with Gasteiger partial charge in [0.2, 0.25) is 5.91 Å². The highest BCUT2D eigenvalue weighted by atomic mass is 19.1. The summed E-state index contributed by atoms with van der Waals surface area (Å²) in [6.45, 7) is 1.16. The van der Waals surface area contributed by atoms with Crippen molar-refractivity contribution in [2.45, 2.75) is 44.9 Å². The number of amides is 1. The van der Waals surface area contributed by atoms with Crippen LogP contribution in [-0.2, 0) is 11.4 Å². The van der Waals surface area contributed by atoms with E-state index in [2.05, 4.69) is 30.5 Å². The predicted molar refractivity (Wildman–Crippen MR) is 127 cm³/mol. The second-order valence-electron chi connectivity index (χ2n) is 9.17. The normalized spacial score (nSPS) is 19.3. The molecule has 1 aromatic carbocycles. The van der Waals surface area contributed by atoms with E-state index in [4.69, 9.17) is 0 Å². The minimum atomic E-state index is -0.621. The van der Waals surface area contributed by atoms with Gasteiger partial charge >= 0.3 is 0 Å².